The highest BCUT2D eigenvalue weighted by Crippen LogP contribution is 2.49. The van der Waals surface area contributed by atoms with Crippen LogP contribution < -0.4 is 10.1 Å². The topological polar surface area (TPSA) is 67.3 Å². The number of amides is 1. The molecule has 6 heteroatoms. The highest BCUT2D eigenvalue weighted by atomic mass is 16.5. The number of nitrogens with zero attached hydrogens (tertiary/aromatic N) is 3. The Kier molecular flexibility index (Phi) is 5.69. The van der Waals surface area contributed by atoms with Gasteiger partial charge in [0.25, 0.3) is 5.91 Å². The number of hydrogen-bond acceptors (Lipinski definition) is 5. The summed E-state index contributed by atoms with van der Waals surface area (Å²) in [5.74, 6) is 0.671. The summed E-state index contributed by atoms with van der Waals surface area (Å²) in [5, 5.41) is 4.46. The lowest BCUT2D eigenvalue weighted by atomic mass is 9.93. The van der Waals surface area contributed by atoms with Crippen LogP contribution in [0.2, 0.25) is 0 Å². The molecule has 3 heterocycles. The zero-order valence-electron chi connectivity index (χ0n) is 20.7. The van der Waals surface area contributed by atoms with E-state index in [0.29, 0.717) is 18.2 Å². The maximum absolute atomic E-state index is 13.6. The van der Waals surface area contributed by atoms with Crippen molar-refractivity contribution in [2.24, 2.45) is 0 Å². The molecule has 0 spiro atoms. The number of carbonyl (C=O) groups is 1. The van der Waals surface area contributed by atoms with E-state index in [2.05, 4.69) is 51.5 Å². The molecule has 2 aromatic carbocycles. The first-order valence-electron chi connectivity index (χ1n) is 12.6. The maximum Gasteiger partial charge on any atom is 0.252 e. The number of fused-ring (bicyclic) bond motifs is 1. The molecule has 1 saturated heterocycles. The van der Waals surface area contributed by atoms with Gasteiger partial charge in [0.15, 0.2) is 0 Å². The normalized spacial score (nSPS) is 18.4. The quantitative estimate of drug-likeness (QED) is 0.400. The molecule has 182 valence electrons. The van der Waals surface area contributed by atoms with Crippen molar-refractivity contribution in [2.45, 2.75) is 37.8 Å². The standard InChI is InChI=1S/C30H30N4O2/c1-20-7-8-24(36-19-23-9-14-34(23)2)17-26(20)29(35)33-30(10-11-30)27-15-22(21-5-3-12-31-18-21)16-28-25(27)6-4-13-32-28/h3-8,12-13,15-18,23H,9-11,14,19H2,1-2H3,(H,33,35)/t23-/m0/s1. The fraction of sp³-hybridized carbons (Fsp3) is 0.300. The van der Waals surface area contributed by atoms with E-state index in [1.165, 1.54) is 0 Å². The Morgan fingerprint density at radius 3 is 2.69 bits per heavy atom. The molecule has 1 aliphatic heterocycles. The van der Waals surface area contributed by atoms with Crippen molar-refractivity contribution >= 4 is 16.8 Å². The largest absolute Gasteiger partial charge is 0.492 e. The van der Waals surface area contributed by atoms with Gasteiger partial charge in [-0.05, 0) is 92.9 Å². The number of aryl methyl sites for hydroxylation is 1. The van der Waals surface area contributed by atoms with Crippen LogP contribution >= 0.6 is 0 Å². The first-order valence-corrected chi connectivity index (χ1v) is 12.6. The van der Waals surface area contributed by atoms with Crippen molar-refractivity contribution in [1.82, 2.24) is 20.2 Å². The summed E-state index contributed by atoms with van der Waals surface area (Å²) >= 11 is 0. The van der Waals surface area contributed by atoms with Gasteiger partial charge in [-0.25, -0.2) is 0 Å². The van der Waals surface area contributed by atoms with Crippen molar-refractivity contribution in [3.63, 3.8) is 0 Å². The highest BCUT2D eigenvalue weighted by Gasteiger charge is 2.47. The minimum Gasteiger partial charge on any atom is -0.492 e. The second-order valence-electron chi connectivity index (χ2n) is 10.1. The summed E-state index contributed by atoms with van der Waals surface area (Å²) in [4.78, 5) is 24.8. The van der Waals surface area contributed by atoms with Crippen molar-refractivity contribution < 1.29 is 9.53 Å². The summed E-state index contributed by atoms with van der Waals surface area (Å²) < 4.78 is 6.04. The molecule has 1 amide bonds. The number of carbonyl (C=O) groups excluding carboxylic acids is 1. The predicted octanol–water partition coefficient (Wildman–Crippen LogP) is 5.11. The molecule has 6 nitrogen and oxygen atoms in total. The fourth-order valence-corrected chi connectivity index (χ4v) is 5.06. The number of likely N-dealkylation sites (N-methyl/N-ethyl adjacent to an activating group) is 1. The van der Waals surface area contributed by atoms with Crippen LogP contribution in [0.1, 0.15) is 40.7 Å². The average Bonchev–Trinajstić information content (AvgIpc) is 3.68. The molecule has 36 heavy (non-hydrogen) atoms. The highest BCUT2D eigenvalue weighted by molar-refractivity contribution is 5.98. The van der Waals surface area contributed by atoms with E-state index in [1.807, 2.05) is 49.6 Å². The third-order valence-electron chi connectivity index (χ3n) is 7.67. The molecule has 0 radical (unpaired) electrons. The molecule has 0 unspecified atom stereocenters. The van der Waals surface area contributed by atoms with E-state index in [1.54, 1.807) is 6.20 Å². The minimum absolute atomic E-state index is 0.0694. The molecule has 1 N–H and O–H groups in total. The van der Waals surface area contributed by atoms with Gasteiger partial charge in [-0.3, -0.25) is 19.7 Å². The van der Waals surface area contributed by atoms with Crippen LogP contribution in [0, 0.1) is 6.92 Å². The maximum atomic E-state index is 13.6. The fourth-order valence-electron chi connectivity index (χ4n) is 5.06. The number of hydrogen-bond donors (Lipinski definition) is 1. The summed E-state index contributed by atoms with van der Waals surface area (Å²) in [5.41, 5.74) is 5.30. The van der Waals surface area contributed by atoms with Crippen LogP contribution in [0.3, 0.4) is 0 Å². The van der Waals surface area contributed by atoms with Gasteiger partial charge < -0.3 is 10.1 Å². The molecule has 6 rings (SSSR count). The number of pyridine rings is 2. The number of nitrogens with one attached hydrogen (secondary N) is 1. The van der Waals surface area contributed by atoms with Crippen molar-refractivity contribution in [3.8, 4) is 16.9 Å². The summed E-state index contributed by atoms with van der Waals surface area (Å²) in [6, 6.07) is 18.6. The van der Waals surface area contributed by atoms with Crippen LogP contribution in [0.15, 0.2) is 73.2 Å². The predicted molar refractivity (Wildman–Crippen MR) is 141 cm³/mol. The number of aromatic nitrogens is 2. The zero-order chi connectivity index (χ0) is 24.7. The van der Waals surface area contributed by atoms with Crippen molar-refractivity contribution in [1.29, 1.82) is 0 Å². The Morgan fingerprint density at radius 1 is 1.11 bits per heavy atom. The van der Waals surface area contributed by atoms with Gasteiger partial charge in [0.1, 0.15) is 12.4 Å². The SMILES string of the molecule is Cc1ccc(OC[C@@H]2CCN2C)cc1C(=O)NC1(c2cc(-c3cccnc3)cc3ncccc23)CC1. The van der Waals surface area contributed by atoms with Gasteiger partial charge >= 0.3 is 0 Å². The van der Waals surface area contributed by atoms with Crippen LogP contribution in [0.25, 0.3) is 22.0 Å². The lowest BCUT2D eigenvalue weighted by molar-refractivity contribution is 0.0767. The molecule has 1 aliphatic carbocycles. The molecular weight excluding hydrogens is 448 g/mol. The Morgan fingerprint density at radius 2 is 1.97 bits per heavy atom. The van der Waals surface area contributed by atoms with E-state index < -0.39 is 5.54 Å². The Bertz CT molecular complexity index is 1430. The van der Waals surface area contributed by atoms with Crippen LogP contribution in [0.4, 0.5) is 0 Å². The summed E-state index contributed by atoms with van der Waals surface area (Å²) in [6.45, 7) is 3.73. The number of likely N-dealkylation sites (tertiary alicyclic amines) is 1. The second kappa shape index (κ2) is 9.03. The van der Waals surface area contributed by atoms with E-state index >= 15 is 0 Å². The number of ether oxygens (including phenoxy) is 1. The van der Waals surface area contributed by atoms with Crippen LogP contribution in [-0.2, 0) is 5.54 Å². The van der Waals surface area contributed by atoms with Gasteiger partial charge in [-0.1, -0.05) is 18.2 Å². The molecular formula is C30H30N4O2. The molecule has 2 aromatic heterocycles. The second-order valence-corrected chi connectivity index (χ2v) is 10.1. The molecule has 0 bridgehead atoms. The van der Waals surface area contributed by atoms with E-state index in [9.17, 15) is 4.79 Å². The first kappa shape index (κ1) is 22.7. The molecule has 1 saturated carbocycles. The molecule has 4 aromatic rings. The Labute approximate surface area is 211 Å². The van der Waals surface area contributed by atoms with Gasteiger partial charge in [-0.15, -0.1) is 0 Å². The summed E-state index contributed by atoms with van der Waals surface area (Å²) in [7, 11) is 2.11. The Balaban J connectivity index is 1.30. The van der Waals surface area contributed by atoms with Crippen LogP contribution in [0.5, 0.6) is 5.75 Å². The molecule has 2 fully saturated rings. The monoisotopic (exact) mass is 478 g/mol. The van der Waals surface area contributed by atoms with E-state index in [-0.39, 0.29) is 5.91 Å². The van der Waals surface area contributed by atoms with E-state index in [4.69, 9.17) is 4.74 Å². The van der Waals surface area contributed by atoms with Crippen LogP contribution in [-0.4, -0.2) is 47.0 Å². The minimum atomic E-state index is -0.408. The lowest BCUT2D eigenvalue weighted by Crippen LogP contribution is -2.48. The zero-order valence-corrected chi connectivity index (χ0v) is 20.7. The molecule has 1 atom stereocenters. The first-order chi connectivity index (χ1) is 17.5. The molecule has 2 aliphatic rings. The summed E-state index contributed by atoms with van der Waals surface area (Å²) in [6.07, 6.45) is 8.39. The van der Waals surface area contributed by atoms with E-state index in [0.717, 1.165) is 64.7 Å². The van der Waals surface area contributed by atoms with Crippen molar-refractivity contribution in [2.75, 3.05) is 20.2 Å². The number of rotatable bonds is 7. The third kappa shape index (κ3) is 4.22. The smallest absolute Gasteiger partial charge is 0.252 e. The van der Waals surface area contributed by atoms with Gasteiger partial charge in [0.05, 0.1) is 11.1 Å². The third-order valence-corrected chi connectivity index (χ3v) is 7.67. The average molecular weight is 479 g/mol. The number of benzene rings is 2. The Hall–Kier alpha value is -3.77. The van der Waals surface area contributed by atoms with Crippen molar-refractivity contribution in [3.05, 3.63) is 89.9 Å². The lowest BCUT2D eigenvalue weighted by Gasteiger charge is -2.37. The van der Waals surface area contributed by atoms with Gasteiger partial charge in [0.2, 0.25) is 0 Å². The van der Waals surface area contributed by atoms with Gasteiger partial charge in [-0.2, -0.15) is 0 Å². The van der Waals surface area contributed by atoms with Gasteiger partial charge in [0, 0.05) is 41.1 Å².